The molecule has 2 bridgehead atoms. The molecule has 2 aliphatic heterocycles. The van der Waals surface area contributed by atoms with Gasteiger partial charge in [-0.2, -0.15) is 0 Å². The molecular weight excluding hydrogens is 280 g/mol. The maximum absolute atomic E-state index is 3.42. The van der Waals surface area contributed by atoms with Gasteiger partial charge in [-0.05, 0) is 42.7 Å². The summed E-state index contributed by atoms with van der Waals surface area (Å²) in [6.45, 7) is 7.16. The van der Waals surface area contributed by atoms with Crippen molar-refractivity contribution in [1.82, 2.24) is 9.88 Å². The lowest BCUT2D eigenvalue weighted by Crippen LogP contribution is -2.53. The Morgan fingerprint density at radius 2 is 2.09 bits per heavy atom. The molecular formula is C21H28N2. The Morgan fingerprint density at radius 1 is 1.22 bits per heavy atom. The molecule has 23 heavy (non-hydrogen) atoms. The van der Waals surface area contributed by atoms with Gasteiger partial charge < -0.3 is 4.98 Å². The van der Waals surface area contributed by atoms with E-state index < -0.39 is 0 Å². The fourth-order valence-electron chi connectivity index (χ4n) is 4.91. The first-order valence-corrected chi connectivity index (χ1v) is 9.29. The molecule has 2 nitrogen and oxygen atoms in total. The van der Waals surface area contributed by atoms with E-state index >= 15 is 0 Å². The first-order chi connectivity index (χ1) is 11.3. The highest BCUT2D eigenvalue weighted by molar-refractivity contribution is 5.83. The number of hydrogen-bond donors (Lipinski definition) is 1. The van der Waals surface area contributed by atoms with Gasteiger partial charge in [-0.25, -0.2) is 0 Å². The van der Waals surface area contributed by atoms with E-state index in [0.29, 0.717) is 6.04 Å². The molecule has 122 valence electrons. The van der Waals surface area contributed by atoms with E-state index in [1.165, 1.54) is 48.8 Å². The van der Waals surface area contributed by atoms with E-state index in [1.54, 1.807) is 5.57 Å². The third-order valence-corrected chi connectivity index (χ3v) is 6.02. The summed E-state index contributed by atoms with van der Waals surface area (Å²) in [5, 5.41) is 1.40. The van der Waals surface area contributed by atoms with Crippen LogP contribution in [0.1, 0.15) is 38.7 Å². The maximum atomic E-state index is 3.42. The zero-order valence-corrected chi connectivity index (χ0v) is 14.4. The van der Waals surface area contributed by atoms with Crippen LogP contribution in [0.25, 0.3) is 10.9 Å². The molecule has 3 unspecified atom stereocenters. The van der Waals surface area contributed by atoms with Crippen molar-refractivity contribution in [3.63, 3.8) is 0 Å². The minimum atomic E-state index is 0.709. The quantitative estimate of drug-likeness (QED) is 0.788. The van der Waals surface area contributed by atoms with Crippen LogP contribution in [0.5, 0.6) is 0 Å². The van der Waals surface area contributed by atoms with Crippen LogP contribution in [0.2, 0.25) is 0 Å². The molecule has 2 aromatic rings. The number of piperidine rings is 1. The van der Waals surface area contributed by atoms with Gasteiger partial charge in [-0.3, -0.25) is 4.90 Å². The van der Waals surface area contributed by atoms with E-state index in [9.17, 15) is 0 Å². The predicted octanol–water partition coefficient (Wildman–Crippen LogP) is 4.78. The van der Waals surface area contributed by atoms with Crippen molar-refractivity contribution in [1.29, 1.82) is 0 Å². The largest absolute Gasteiger partial charge is 0.361 e. The second kappa shape index (κ2) is 6.16. The number of aromatic nitrogens is 1. The highest BCUT2D eigenvalue weighted by Crippen LogP contribution is 2.41. The molecule has 0 saturated carbocycles. The first-order valence-electron chi connectivity index (χ1n) is 9.29. The van der Waals surface area contributed by atoms with Gasteiger partial charge in [0.1, 0.15) is 0 Å². The van der Waals surface area contributed by atoms with Gasteiger partial charge in [-0.15, -0.1) is 0 Å². The van der Waals surface area contributed by atoms with Crippen molar-refractivity contribution in [3.05, 3.63) is 47.7 Å². The van der Waals surface area contributed by atoms with Gasteiger partial charge in [0.25, 0.3) is 0 Å². The minimum Gasteiger partial charge on any atom is -0.361 e. The van der Waals surface area contributed by atoms with Gasteiger partial charge in [-0.1, -0.05) is 50.1 Å². The van der Waals surface area contributed by atoms with Crippen LogP contribution in [0.15, 0.2) is 42.1 Å². The Hall–Kier alpha value is -1.54. The first kappa shape index (κ1) is 15.0. The van der Waals surface area contributed by atoms with Crippen LogP contribution in [0.3, 0.4) is 0 Å². The summed E-state index contributed by atoms with van der Waals surface area (Å²) in [6.07, 6.45) is 9.91. The van der Waals surface area contributed by atoms with Gasteiger partial charge in [0, 0.05) is 36.2 Å². The lowest BCUT2D eigenvalue weighted by atomic mass is 9.71. The van der Waals surface area contributed by atoms with Crippen LogP contribution in [-0.2, 0) is 6.42 Å². The van der Waals surface area contributed by atoms with Crippen molar-refractivity contribution in [2.45, 2.75) is 45.6 Å². The standard InChI is InChI=1S/C21H28N2/c1-3-16-11-15-12-17(4-2)21(16)23(14-15)10-9-18-13-22-20-8-6-5-7-19(18)20/h5-8,11,13,15,17,21-22H,3-4,9-10,12,14H2,1-2H3. The lowest BCUT2D eigenvalue weighted by Gasteiger charge is -2.49. The normalized spacial score (nSPS) is 27.6. The SMILES string of the molecule is CCC1=CC2CC(CC)C1N(CCc1c[nH]c3ccccc13)C2. The number of rotatable bonds is 5. The second-order valence-electron chi connectivity index (χ2n) is 7.31. The number of aromatic amines is 1. The third-order valence-electron chi connectivity index (χ3n) is 6.02. The number of fused-ring (bicyclic) bond motifs is 3. The van der Waals surface area contributed by atoms with Crippen LogP contribution in [-0.4, -0.2) is 29.0 Å². The number of H-pyrrole nitrogens is 1. The van der Waals surface area contributed by atoms with Gasteiger partial charge in [0.2, 0.25) is 0 Å². The summed E-state index contributed by atoms with van der Waals surface area (Å²) >= 11 is 0. The molecule has 1 aromatic heterocycles. The molecule has 3 atom stereocenters. The number of para-hydroxylation sites is 1. The zero-order chi connectivity index (χ0) is 15.8. The van der Waals surface area contributed by atoms with Crippen molar-refractivity contribution >= 4 is 10.9 Å². The monoisotopic (exact) mass is 308 g/mol. The molecule has 5 rings (SSSR count). The summed E-state index contributed by atoms with van der Waals surface area (Å²) in [7, 11) is 0. The summed E-state index contributed by atoms with van der Waals surface area (Å²) < 4.78 is 0. The third kappa shape index (κ3) is 2.63. The van der Waals surface area contributed by atoms with Crippen molar-refractivity contribution < 1.29 is 0 Å². The number of nitrogens with one attached hydrogen (secondary N) is 1. The molecule has 1 saturated heterocycles. The number of hydrogen-bond acceptors (Lipinski definition) is 1. The van der Waals surface area contributed by atoms with Crippen LogP contribution >= 0.6 is 0 Å². The predicted molar refractivity (Wildman–Crippen MR) is 97.6 cm³/mol. The molecule has 0 amide bonds. The van der Waals surface area contributed by atoms with Crippen LogP contribution < -0.4 is 0 Å². The van der Waals surface area contributed by atoms with Crippen molar-refractivity contribution in [2.24, 2.45) is 11.8 Å². The summed E-state index contributed by atoms with van der Waals surface area (Å²) in [5.41, 5.74) is 4.44. The average molecular weight is 308 g/mol. The second-order valence-corrected chi connectivity index (χ2v) is 7.31. The molecule has 1 aromatic carbocycles. The van der Waals surface area contributed by atoms with Gasteiger partial charge in [0.05, 0.1) is 0 Å². The molecule has 0 spiro atoms. The minimum absolute atomic E-state index is 0.709. The topological polar surface area (TPSA) is 19.0 Å². The lowest BCUT2D eigenvalue weighted by molar-refractivity contribution is 0.0713. The average Bonchev–Trinajstić information content (AvgIpc) is 3.02. The summed E-state index contributed by atoms with van der Waals surface area (Å²) in [6, 6.07) is 9.38. The van der Waals surface area contributed by atoms with Gasteiger partial charge in [0.15, 0.2) is 0 Å². The Labute approximate surface area is 139 Å². The Balaban J connectivity index is 1.52. The fraction of sp³-hybridized carbons (Fsp3) is 0.524. The molecule has 3 heterocycles. The van der Waals surface area contributed by atoms with E-state index in [0.717, 1.165) is 18.3 Å². The zero-order valence-electron chi connectivity index (χ0n) is 14.4. The molecule has 0 radical (unpaired) electrons. The molecule has 2 heteroatoms. The Morgan fingerprint density at radius 3 is 2.91 bits per heavy atom. The molecule has 1 fully saturated rings. The van der Waals surface area contributed by atoms with Crippen molar-refractivity contribution in [2.75, 3.05) is 13.1 Å². The van der Waals surface area contributed by atoms with Crippen LogP contribution in [0.4, 0.5) is 0 Å². The van der Waals surface area contributed by atoms with E-state index in [1.807, 2.05) is 0 Å². The Kier molecular flexibility index (Phi) is 4.02. The number of benzene rings is 1. The smallest absolute Gasteiger partial charge is 0.0456 e. The highest BCUT2D eigenvalue weighted by Gasteiger charge is 2.39. The van der Waals surface area contributed by atoms with E-state index in [-0.39, 0.29) is 0 Å². The van der Waals surface area contributed by atoms with Gasteiger partial charge >= 0.3 is 0 Å². The summed E-state index contributed by atoms with van der Waals surface area (Å²) in [5.74, 6) is 1.67. The maximum Gasteiger partial charge on any atom is 0.0456 e. The van der Waals surface area contributed by atoms with E-state index in [2.05, 4.69) is 60.3 Å². The fourth-order valence-corrected chi connectivity index (χ4v) is 4.91. The molecule has 1 aliphatic carbocycles. The highest BCUT2D eigenvalue weighted by atomic mass is 15.2. The number of nitrogens with zero attached hydrogens (tertiary/aromatic N) is 1. The van der Waals surface area contributed by atoms with Crippen molar-refractivity contribution in [3.8, 4) is 0 Å². The molecule has 3 aliphatic rings. The Bertz CT molecular complexity index is 711. The van der Waals surface area contributed by atoms with Crippen LogP contribution in [0, 0.1) is 11.8 Å². The van der Waals surface area contributed by atoms with E-state index in [4.69, 9.17) is 0 Å². The summed E-state index contributed by atoms with van der Waals surface area (Å²) in [4.78, 5) is 6.20. The molecule has 1 N–H and O–H groups in total.